The van der Waals surface area contributed by atoms with Crippen LogP contribution in [0.4, 0.5) is 34.1 Å². The van der Waals surface area contributed by atoms with Crippen LogP contribution in [0.2, 0.25) is 0 Å². The van der Waals surface area contributed by atoms with Crippen LogP contribution in [0.3, 0.4) is 0 Å². The van der Waals surface area contributed by atoms with E-state index >= 15 is 0 Å². The van der Waals surface area contributed by atoms with Gasteiger partial charge in [-0.2, -0.15) is 0 Å². The van der Waals surface area contributed by atoms with E-state index in [1.54, 1.807) is 18.3 Å². The molecule has 1 aromatic heterocycles. The molecule has 0 spiro atoms. The van der Waals surface area contributed by atoms with Gasteiger partial charge in [0.05, 0.1) is 5.52 Å². The molecule has 0 atom stereocenters. The number of pyridine rings is 1. The number of aromatic nitrogens is 1. The molecule has 5 aromatic rings. The summed E-state index contributed by atoms with van der Waals surface area (Å²) in [7, 11) is 0. The number of hydrogen-bond donors (Lipinski definition) is 4. The molecule has 0 aliphatic carbocycles. The van der Waals surface area contributed by atoms with Crippen LogP contribution < -0.4 is 21.7 Å². The van der Waals surface area contributed by atoms with Gasteiger partial charge in [-0.15, -0.1) is 0 Å². The van der Waals surface area contributed by atoms with Crippen molar-refractivity contribution in [2.75, 3.05) is 21.7 Å². The summed E-state index contributed by atoms with van der Waals surface area (Å²) in [4.78, 5) is 17.2. The van der Waals surface area contributed by atoms with Gasteiger partial charge in [0.1, 0.15) is 0 Å². The quantitative estimate of drug-likeness (QED) is 0.222. The highest BCUT2D eigenvalue weighted by Crippen LogP contribution is 2.27. The average Bonchev–Trinajstić information content (AvgIpc) is 2.85. The van der Waals surface area contributed by atoms with Crippen LogP contribution in [0.1, 0.15) is 10.4 Å². The highest BCUT2D eigenvalue weighted by Gasteiger charge is 2.08. The number of amides is 1. The zero-order valence-corrected chi connectivity index (χ0v) is 18.3. The second-order valence-corrected chi connectivity index (χ2v) is 7.86. The monoisotopic (exact) mass is 445 g/mol. The molecule has 0 aliphatic heterocycles. The van der Waals surface area contributed by atoms with Gasteiger partial charge in [0.2, 0.25) is 0 Å². The van der Waals surface area contributed by atoms with Crippen molar-refractivity contribution in [3.8, 4) is 0 Å². The van der Waals surface area contributed by atoms with Gasteiger partial charge in [0, 0.05) is 51.3 Å². The number of fused-ring (bicyclic) bond motifs is 1. The number of anilines is 6. The van der Waals surface area contributed by atoms with Crippen LogP contribution in [-0.2, 0) is 0 Å². The van der Waals surface area contributed by atoms with E-state index in [9.17, 15) is 4.79 Å². The van der Waals surface area contributed by atoms with Crippen molar-refractivity contribution in [2.24, 2.45) is 0 Å². The number of nitrogens with one attached hydrogen (secondary N) is 3. The molecule has 5 rings (SSSR count). The van der Waals surface area contributed by atoms with Crippen molar-refractivity contribution in [1.29, 1.82) is 0 Å². The Morgan fingerprint density at radius 2 is 1.41 bits per heavy atom. The molecule has 6 nitrogen and oxygen atoms in total. The molecule has 1 amide bonds. The van der Waals surface area contributed by atoms with E-state index in [4.69, 9.17) is 5.73 Å². The Hall–Kier alpha value is -4.84. The number of hydrogen-bond acceptors (Lipinski definition) is 5. The van der Waals surface area contributed by atoms with Crippen LogP contribution >= 0.6 is 0 Å². The van der Waals surface area contributed by atoms with Gasteiger partial charge < -0.3 is 21.7 Å². The molecule has 0 saturated carbocycles. The number of nitrogen functional groups attached to an aromatic ring is 1. The zero-order chi connectivity index (χ0) is 23.3. The van der Waals surface area contributed by atoms with Crippen LogP contribution in [0.5, 0.6) is 0 Å². The average molecular weight is 446 g/mol. The third kappa shape index (κ3) is 4.81. The molecule has 4 aromatic carbocycles. The fourth-order valence-electron chi connectivity index (χ4n) is 3.70. The van der Waals surface area contributed by atoms with Gasteiger partial charge >= 0.3 is 0 Å². The van der Waals surface area contributed by atoms with Gasteiger partial charge in [-0.25, -0.2) is 0 Å². The lowest BCUT2D eigenvalue weighted by molar-refractivity contribution is 0.102. The first-order valence-corrected chi connectivity index (χ1v) is 10.9. The van der Waals surface area contributed by atoms with Crippen molar-refractivity contribution in [2.45, 2.75) is 0 Å². The van der Waals surface area contributed by atoms with Crippen molar-refractivity contribution >= 4 is 50.9 Å². The molecule has 0 unspecified atom stereocenters. The zero-order valence-electron chi connectivity index (χ0n) is 18.3. The summed E-state index contributed by atoms with van der Waals surface area (Å²) in [6.45, 7) is 0. The Labute approximate surface area is 197 Å². The van der Waals surface area contributed by atoms with Crippen molar-refractivity contribution in [3.63, 3.8) is 0 Å². The Morgan fingerprint density at radius 1 is 0.676 bits per heavy atom. The number of nitrogens with zero attached hydrogens (tertiary/aromatic N) is 1. The van der Waals surface area contributed by atoms with Gasteiger partial charge in [0.15, 0.2) is 0 Å². The van der Waals surface area contributed by atoms with E-state index in [2.05, 4.69) is 20.9 Å². The fourth-order valence-corrected chi connectivity index (χ4v) is 3.70. The second-order valence-electron chi connectivity index (χ2n) is 7.86. The number of rotatable bonds is 6. The summed E-state index contributed by atoms with van der Waals surface area (Å²) >= 11 is 0. The van der Waals surface area contributed by atoms with Crippen LogP contribution in [0.15, 0.2) is 109 Å². The summed E-state index contributed by atoms with van der Waals surface area (Å²) in [5.41, 5.74) is 12.3. The molecule has 0 radical (unpaired) electrons. The second kappa shape index (κ2) is 9.34. The minimum Gasteiger partial charge on any atom is -0.399 e. The van der Waals surface area contributed by atoms with Gasteiger partial charge in [0.25, 0.3) is 5.91 Å². The standard InChI is InChI=1S/C28H23N5O/c29-20-11-14-25-26(15-16-30-27(25)17-20)32-22-12-9-19(10-13-22)28(34)33-24-8-4-7-23(18-24)31-21-5-2-1-3-6-21/h1-18,31H,29H2,(H,30,32)(H,33,34). The molecule has 1 heterocycles. The van der Waals surface area contributed by atoms with E-state index in [-0.39, 0.29) is 5.91 Å². The van der Waals surface area contributed by atoms with E-state index < -0.39 is 0 Å². The van der Waals surface area contributed by atoms with Crippen LogP contribution in [0, 0.1) is 0 Å². The first-order chi connectivity index (χ1) is 16.6. The SMILES string of the molecule is Nc1ccc2c(Nc3ccc(C(=O)Nc4cccc(Nc5ccccc5)c4)cc3)ccnc2c1. The van der Waals surface area contributed by atoms with Crippen molar-refractivity contribution in [3.05, 3.63) is 115 Å². The first-order valence-electron chi connectivity index (χ1n) is 10.9. The summed E-state index contributed by atoms with van der Waals surface area (Å²) in [6, 6.07) is 32.4. The summed E-state index contributed by atoms with van der Waals surface area (Å²) in [6.07, 6.45) is 1.74. The number of carbonyl (C=O) groups excluding carboxylic acids is 1. The van der Waals surface area contributed by atoms with E-state index in [1.807, 2.05) is 91.0 Å². The van der Waals surface area contributed by atoms with Crippen molar-refractivity contribution in [1.82, 2.24) is 4.98 Å². The van der Waals surface area contributed by atoms with Gasteiger partial charge in [-0.1, -0.05) is 24.3 Å². The summed E-state index contributed by atoms with van der Waals surface area (Å²) < 4.78 is 0. The summed E-state index contributed by atoms with van der Waals surface area (Å²) in [5, 5.41) is 10.7. The minimum absolute atomic E-state index is 0.173. The van der Waals surface area contributed by atoms with Crippen LogP contribution in [-0.4, -0.2) is 10.9 Å². The third-order valence-corrected chi connectivity index (χ3v) is 5.38. The minimum atomic E-state index is -0.173. The Morgan fingerprint density at radius 3 is 2.24 bits per heavy atom. The lowest BCUT2D eigenvalue weighted by Gasteiger charge is -2.11. The maximum absolute atomic E-state index is 12.8. The molecule has 34 heavy (non-hydrogen) atoms. The van der Waals surface area contributed by atoms with Crippen molar-refractivity contribution < 1.29 is 4.79 Å². The molecule has 166 valence electrons. The van der Waals surface area contributed by atoms with Crippen LogP contribution in [0.25, 0.3) is 10.9 Å². The number of carbonyl (C=O) groups is 1. The van der Waals surface area contributed by atoms with E-state index in [0.717, 1.165) is 39.3 Å². The predicted molar refractivity (Wildman–Crippen MR) is 140 cm³/mol. The molecule has 0 bridgehead atoms. The van der Waals surface area contributed by atoms with E-state index in [1.165, 1.54) is 0 Å². The van der Waals surface area contributed by atoms with Gasteiger partial charge in [-0.3, -0.25) is 9.78 Å². The summed E-state index contributed by atoms with van der Waals surface area (Å²) in [5.74, 6) is -0.173. The molecule has 0 saturated heterocycles. The smallest absolute Gasteiger partial charge is 0.255 e. The lowest BCUT2D eigenvalue weighted by atomic mass is 10.1. The highest BCUT2D eigenvalue weighted by atomic mass is 16.1. The normalized spacial score (nSPS) is 10.6. The Balaban J connectivity index is 1.27. The molecule has 0 aliphatic rings. The largest absolute Gasteiger partial charge is 0.399 e. The maximum Gasteiger partial charge on any atom is 0.255 e. The topological polar surface area (TPSA) is 92.1 Å². The Kier molecular flexibility index (Phi) is 5.78. The van der Waals surface area contributed by atoms with Gasteiger partial charge in [-0.05, 0) is 78.9 Å². The molecule has 6 heteroatoms. The highest BCUT2D eigenvalue weighted by molar-refractivity contribution is 6.04. The molecule has 0 fully saturated rings. The number of benzene rings is 4. The number of nitrogens with two attached hydrogens (primary N) is 1. The molecular weight excluding hydrogens is 422 g/mol. The van der Waals surface area contributed by atoms with E-state index in [0.29, 0.717) is 11.3 Å². The number of para-hydroxylation sites is 1. The maximum atomic E-state index is 12.8. The lowest BCUT2D eigenvalue weighted by Crippen LogP contribution is -2.11. The predicted octanol–water partition coefficient (Wildman–Crippen LogP) is 6.56. The Bertz CT molecular complexity index is 1450. The first kappa shape index (κ1) is 21.0. The fraction of sp³-hybridized carbons (Fsp3) is 0. The molecule has 5 N–H and O–H groups in total. The molecular formula is C28H23N5O. The third-order valence-electron chi connectivity index (χ3n) is 5.38.